The zero-order valence-electron chi connectivity index (χ0n) is 8.74. The van der Waals surface area contributed by atoms with Gasteiger partial charge in [-0.1, -0.05) is 36.9 Å². The second kappa shape index (κ2) is 3.97. The SMILES string of the molecule is C=Cc1ccc(C2CCCN2C)cc1. The van der Waals surface area contributed by atoms with Gasteiger partial charge in [0.2, 0.25) is 0 Å². The summed E-state index contributed by atoms with van der Waals surface area (Å²) in [5.41, 5.74) is 2.64. The molecule has 0 aromatic heterocycles. The highest BCUT2D eigenvalue weighted by Gasteiger charge is 2.21. The average molecular weight is 187 g/mol. The molecule has 0 saturated carbocycles. The molecule has 1 unspecified atom stereocenters. The van der Waals surface area contributed by atoms with E-state index in [1.807, 2.05) is 6.08 Å². The van der Waals surface area contributed by atoms with Gasteiger partial charge in [-0.25, -0.2) is 0 Å². The maximum absolute atomic E-state index is 3.76. The van der Waals surface area contributed by atoms with Crippen LogP contribution in [0.25, 0.3) is 6.08 Å². The number of likely N-dealkylation sites (tertiary alicyclic amines) is 1. The lowest BCUT2D eigenvalue weighted by molar-refractivity contribution is 0.317. The molecule has 0 amide bonds. The fourth-order valence-electron chi connectivity index (χ4n) is 2.19. The number of nitrogens with zero attached hydrogens (tertiary/aromatic N) is 1. The lowest BCUT2D eigenvalue weighted by Gasteiger charge is -2.19. The third-order valence-corrected chi connectivity index (χ3v) is 3.08. The molecule has 14 heavy (non-hydrogen) atoms. The van der Waals surface area contributed by atoms with Crippen molar-refractivity contribution in [1.82, 2.24) is 4.90 Å². The Morgan fingerprint density at radius 1 is 1.36 bits per heavy atom. The minimum Gasteiger partial charge on any atom is -0.299 e. The van der Waals surface area contributed by atoms with Crippen LogP contribution in [0.2, 0.25) is 0 Å². The maximum Gasteiger partial charge on any atom is 0.0345 e. The van der Waals surface area contributed by atoms with E-state index in [2.05, 4.69) is 42.8 Å². The van der Waals surface area contributed by atoms with Gasteiger partial charge in [-0.05, 0) is 37.6 Å². The lowest BCUT2D eigenvalue weighted by Crippen LogP contribution is -2.17. The molecule has 0 aliphatic carbocycles. The Labute approximate surface area is 86.1 Å². The highest BCUT2D eigenvalue weighted by Crippen LogP contribution is 2.30. The van der Waals surface area contributed by atoms with Gasteiger partial charge in [-0.3, -0.25) is 4.90 Å². The molecule has 1 fully saturated rings. The molecule has 1 aromatic rings. The van der Waals surface area contributed by atoms with Crippen molar-refractivity contribution >= 4 is 6.08 Å². The van der Waals surface area contributed by atoms with E-state index in [1.165, 1.54) is 30.5 Å². The average Bonchev–Trinajstić information content (AvgIpc) is 2.65. The van der Waals surface area contributed by atoms with Crippen LogP contribution in [0.3, 0.4) is 0 Å². The first-order chi connectivity index (χ1) is 6.81. The Hall–Kier alpha value is -1.08. The standard InChI is InChI=1S/C13H17N/c1-3-11-6-8-12(9-7-11)13-5-4-10-14(13)2/h3,6-9,13H,1,4-5,10H2,2H3. The minimum atomic E-state index is 0.633. The molecule has 1 aliphatic rings. The molecule has 1 heteroatoms. The zero-order valence-corrected chi connectivity index (χ0v) is 8.74. The number of benzene rings is 1. The summed E-state index contributed by atoms with van der Waals surface area (Å²) in [5.74, 6) is 0. The second-order valence-electron chi connectivity index (χ2n) is 4.01. The summed E-state index contributed by atoms with van der Waals surface area (Å²) >= 11 is 0. The molecule has 1 saturated heterocycles. The van der Waals surface area contributed by atoms with Gasteiger partial charge >= 0.3 is 0 Å². The quantitative estimate of drug-likeness (QED) is 0.687. The van der Waals surface area contributed by atoms with E-state index < -0.39 is 0 Å². The topological polar surface area (TPSA) is 3.24 Å². The molecular formula is C13H17N. The summed E-state index contributed by atoms with van der Waals surface area (Å²) in [6.45, 7) is 4.99. The predicted octanol–water partition coefficient (Wildman–Crippen LogP) is 3.10. The van der Waals surface area contributed by atoms with E-state index in [1.54, 1.807) is 0 Å². The lowest BCUT2D eigenvalue weighted by atomic mass is 10.0. The molecule has 74 valence electrons. The van der Waals surface area contributed by atoms with Crippen molar-refractivity contribution in [3.8, 4) is 0 Å². The van der Waals surface area contributed by atoms with Crippen LogP contribution in [0.5, 0.6) is 0 Å². The zero-order chi connectivity index (χ0) is 9.97. The summed E-state index contributed by atoms with van der Waals surface area (Å²) in [6.07, 6.45) is 4.51. The Morgan fingerprint density at radius 2 is 2.07 bits per heavy atom. The van der Waals surface area contributed by atoms with Crippen LogP contribution in [-0.2, 0) is 0 Å². The molecule has 1 heterocycles. The Bertz CT molecular complexity index is 313. The van der Waals surface area contributed by atoms with E-state index in [4.69, 9.17) is 0 Å². The Morgan fingerprint density at radius 3 is 2.57 bits per heavy atom. The summed E-state index contributed by atoms with van der Waals surface area (Å²) < 4.78 is 0. The smallest absolute Gasteiger partial charge is 0.0345 e. The summed E-state index contributed by atoms with van der Waals surface area (Å²) in [5, 5.41) is 0. The summed E-state index contributed by atoms with van der Waals surface area (Å²) in [6, 6.07) is 9.38. The number of hydrogen-bond donors (Lipinski definition) is 0. The van der Waals surface area contributed by atoms with Gasteiger partial charge in [0.05, 0.1) is 0 Å². The van der Waals surface area contributed by atoms with Gasteiger partial charge in [0, 0.05) is 6.04 Å². The molecule has 1 aliphatic heterocycles. The van der Waals surface area contributed by atoms with E-state index >= 15 is 0 Å². The van der Waals surface area contributed by atoms with Gasteiger partial charge in [0.15, 0.2) is 0 Å². The largest absolute Gasteiger partial charge is 0.299 e. The van der Waals surface area contributed by atoms with E-state index in [0.29, 0.717) is 6.04 Å². The van der Waals surface area contributed by atoms with Crippen LogP contribution in [0.15, 0.2) is 30.8 Å². The summed E-state index contributed by atoms with van der Waals surface area (Å²) in [7, 11) is 2.21. The van der Waals surface area contributed by atoms with E-state index in [-0.39, 0.29) is 0 Å². The second-order valence-corrected chi connectivity index (χ2v) is 4.01. The highest BCUT2D eigenvalue weighted by atomic mass is 15.1. The first-order valence-corrected chi connectivity index (χ1v) is 5.24. The van der Waals surface area contributed by atoms with Gasteiger partial charge in [0.1, 0.15) is 0 Å². The van der Waals surface area contributed by atoms with Crippen LogP contribution >= 0.6 is 0 Å². The predicted molar refractivity (Wildman–Crippen MR) is 61.1 cm³/mol. The first-order valence-electron chi connectivity index (χ1n) is 5.24. The molecule has 0 radical (unpaired) electrons. The van der Waals surface area contributed by atoms with Crippen LogP contribution < -0.4 is 0 Å². The van der Waals surface area contributed by atoms with Gasteiger partial charge < -0.3 is 0 Å². The van der Waals surface area contributed by atoms with Crippen molar-refractivity contribution in [3.63, 3.8) is 0 Å². The van der Waals surface area contributed by atoms with Gasteiger partial charge in [-0.15, -0.1) is 0 Å². The van der Waals surface area contributed by atoms with Crippen molar-refractivity contribution in [2.24, 2.45) is 0 Å². The van der Waals surface area contributed by atoms with Crippen LogP contribution in [0, 0.1) is 0 Å². The summed E-state index contributed by atoms with van der Waals surface area (Å²) in [4.78, 5) is 2.43. The molecule has 1 aromatic carbocycles. The molecule has 2 rings (SSSR count). The molecule has 1 atom stereocenters. The molecule has 0 bridgehead atoms. The van der Waals surface area contributed by atoms with Crippen LogP contribution in [0.1, 0.15) is 30.0 Å². The Kier molecular flexibility index (Phi) is 2.69. The van der Waals surface area contributed by atoms with Crippen LogP contribution in [-0.4, -0.2) is 18.5 Å². The third-order valence-electron chi connectivity index (χ3n) is 3.08. The van der Waals surface area contributed by atoms with Crippen LogP contribution in [0.4, 0.5) is 0 Å². The fourth-order valence-corrected chi connectivity index (χ4v) is 2.19. The van der Waals surface area contributed by atoms with E-state index in [9.17, 15) is 0 Å². The minimum absolute atomic E-state index is 0.633. The molecule has 0 N–H and O–H groups in total. The molecular weight excluding hydrogens is 170 g/mol. The Balaban J connectivity index is 2.19. The number of hydrogen-bond acceptors (Lipinski definition) is 1. The first kappa shape index (κ1) is 9.47. The monoisotopic (exact) mass is 187 g/mol. The van der Waals surface area contributed by atoms with Crippen molar-refractivity contribution in [2.75, 3.05) is 13.6 Å². The van der Waals surface area contributed by atoms with Gasteiger partial charge in [0.25, 0.3) is 0 Å². The van der Waals surface area contributed by atoms with Crippen molar-refractivity contribution in [1.29, 1.82) is 0 Å². The van der Waals surface area contributed by atoms with Crippen molar-refractivity contribution in [2.45, 2.75) is 18.9 Å². The number of rotatable bonds is 2. The third kappa shape index (κ3) is 1.73. The van der Waals surface area contributed by atoms with Crippen molar-refractivity contribution < 1.29 is 0 Å². The molecule has 0 spiro atoms. The normalized spacial score (nSPS) is 22.5. The fraction of sp³-hybridized carbons (Fsp3) is 0.385. The highest BCUT2D eigenvalue weighted by molar-refractivity contribution is 5.47. The molecule has 1 nitrogen and oxygen atoms in total. The maximum atomic E-state index is 3.76. The van der Waals surface area contributed by atoms with Crippen molar-refractivity contribution in [3.05, 3.63) is 42.0 Å². The van der Waals surface area contributed by atoms with Gasteiger partial charge in [-0.2, -0.15) is 0 Å². The van der Waals surface area contributed by atoms with E-state index in [0.717, 1.165) is 0 Å².